The number of hydrogen-bond acceptors (Lipinski definition) is 8. The largest absolute Gasteiger partial charge is 0.477 e. The Bertz CT molecular complexity index is 1070. The van der Waals surface area contributed by atoms with E-state index >= 15 is 0 Å². The quantitative estimate of drug-likeness (QED) is 0.252. The molecule has 0 bridgehead atoms. The third-order valence-electron chi connectivity index (χ3n) is 7.85. The topological polar surface area (TPSA) is 151 Å². The summed E-state index contributed by atoms with van der Waals surface area (Å²) in [6.45, 7) is 5.78. The molecular formula is C24H34F2N6O6S. The minimum Gasteiger partial charge on any atom is -0.477 e. The summed E-state index contributed by atoms with van der Waals surface area (Å²) < 4.78 is 25.4. The number of likely N-dealkylation sites (N-methyl/N-ethyl adjacent to an activating group) is 1. The van der Waals surface area contributed by atoms with E-state index in [1.54, 1.807) is 23.8 Å². The zero-order valence-corrected chi connectivity index (χ0v) is 22.8. The zero-order chi connectivity index (χ0) is 28.6. The molecule has 0 radical (unpaired) electrons. The number of carboxylic acids is 1. The van der Waals surface area contributed by atoms with E-state index in [0.29, 0.717) is 44.0 Å². The fourth-order valence-electron chi connectivity index (χ4n) is 5.89. The summed E-state index contributed by atoms with van der Waals surface area (Å²) in [5, 5.41) is 18.0. The predicted molar refractivity (Wildman–Crippen MR) is 136 cm³/mol. The number of hydrogen-bond donors (Lipinski definition) is 4. The first kappa shape index (κ1) is 29.2. The smallest absolute Gasteiger partial charge is 0.353 e. The van der Waals surface area contributed by atoms with E-state index in [0.717, 1.165) is 0 Å². The highest BCUT2D eigenvalue weighted by Gasteiger charge is 2.60. The molecule has 216 valence electrons. The summed E-state index contributed by atoms with van der Waals surface area (Å²) in [6, 6.07) is -1.89. The number of piperazine rings is 1. The maximum atomic E-state index is 13.1. The molecule has 0 aromatic rings. The van der Waals surface area contributed by atoms with Crippen molar-refractivity contribution >= 4 is 41.4 Å². The molecule has 39 heavy (non-hydrogen) atoms. The van der Waals surface area contributed by atoms with Gasteiger partial charge in [-0.25, -0.2) is 4.79 Å². The second kappa shape index (κ2) is 11.8. The number of halogens is 2. The van der Waals surface area contributed by atoms with Crippen molar-refractivity contribution in [3.63, 3.8) is 0 Å². The van der Waals surface area contributed by atoms with Crippen LogP contribution in [-0.2, 0) is 24.0 Å². The molecule has 4 rings (SSSR count). The van der Waals surface area contributed by atoms with Crippen LogP contribution in [0.3, 0.4) is 0 Å². The highest BCUT2D eigenvalue weighted by molar-refractivity contribution is 8.03. The molecule has 4 amide bonds. The monoisotopic (exact) mass is 572 g/mol. The predicted octanol–water partition coefficient (Wildman–Crippen LogP) is -1.12. The van der Waals surface area contributed by atoms with E-state index < -0.39 is 48.3 Å². The van der Waals surface area contributed by atoms with Gasteiger partial charge in [-0.1, -0.05) is 6.92 Å². The molecule has 0 aromatic carbocycles. The third kappa shape index (κ3) is 5.61. The van der Waals surface area contributed by atoms with Gasteiger partial charge in [0.05, 0.1) is 24.5 Å². The molecule has 6 atom stereocenters. The van der Waals surface area contributed by atoms with E-state index in [-0.39, 0.29) is 35.2 Å². The van der Waals surface area contributed by atoms with E-state index in [4.69, 9.17) is 0 Å². The fourth-order valence-corrected chi connectivity index (χ4v) is 7.37. The van der Waals surface area contributed by atoms with Crippen molar-refractivity contribution < 1.29 is 37.9 Å². The van der Waals surface area contributed by atoms with Crippen LogP contribution in [0.5, 0.6) is 0 Å². The Balaban J connectivity index is 1.37. The normalized spacial score (nSPS) is 29.4. The molecule has 0 spiro atoms. The van der Waals surface area contributed by atoms with Crippen LogP contribution < -0.4 is 16.0 Å². The van der Waals surface area contributed by atoms with Crippen molar-refractivity contribution in [2.75, 3.05) is 46.3 Å². The van der Waals surface area contributed by atoms with Crippen molar-refractivity contribution in [1.82, 2.24) is 30.7 Å². The fraction of sp³-hybridized carbons (Fsp3) is 0.708. The average molecular weight is 573 g/mol. The van der Waals surface area contributed by atoms with E-state index in [2.05, 4.69) is 16.0 Å². The molecule has 15 heteroatoms. The maximum Gasteiger partial charge on any atom is 0.353 e. The van der Waals surface area contributed by atoms with Gasteiger partial charge in [-0.3, -0.25) is 19.2 Å². The van der Waals surface area contributed by atoms with Crippen molar-refractivity contribution in [3.8, 4) is 0 Å². The summed E-state index contributed by atoms with van der Waals surface area (Å²) in [7, 11) is 1.70. The first-order chi connectivity index (χ1) is 18.5. The van der Waals surface area contributed by atoms with Crippen LogP contribution in [0.25, 0.3) is 0 Å². The minimum atomic E-state index is -3.21. The summed E-state index contributed by atoms with van der Waals surface area (Å²) in [5.41, 5.74) is -0.122. The Morgan fingerprint density at radius 1 is 1.15 bits per heavy atom. The Labute approximate surface area is 228 Å². The Morgan fingerprint density at radius 3 is 2.38 bits per heavy atom. The average Bonchev–Trinajstić information content (AvgIpc) is 3.45. The van der Waals surface area contributed by atoms with Crippen LogP contribution in [0.1, 0.15) is 20.3 Å². The van der Waals surface area contributed by atoms with Gasteiger partial charge in [0.15, 0.2) is 0 Å². The van der Waals surface area contributed by atoms with E-state index in [1.807, 2.05) is 0 Å². The van der Waals surface area contributed by atoms with Gasteiger partial charge >= 0.3 is 12.4 Å². The molecule has 4 aliphatic rings. The lowest BCUT2D eigenvalue weighted by atomic mass is 9.78. The molecule has 3 fully saturated rings. The molecule has 0 aromatic heterocycles. The molecule has 0 saturated carbocycles. The number of nitrogens with one attached hydrogen (secondary N) is 3. The summed E-state index contributed by atoms with van der Waals surface area (Å²) in [4.78, 5) is 66.9. The standard InChI is InChI=1S/C24H34F2N6O6S/c1-11-17-16(12(2)29-21(34)20(25)26)23(36)32(17)18(24(37)38)19(11)39-13-8-14(28-9-13)22(35)31-6-4-30(5-7-31)15(33)10-27-3/h11-14,16-17,20,27-28H,4-10H2,1-3H3,(H,29,34)(H,37,38)/t11-,12-,13+,14+,16-,17-/m1/s1. The lowest BCUT2D eigenvalue weighted by Gasteiger charge is -2.47. The van der Waals surface area contributed by atoms with Gasteiger partial charge < -0.3 is 35.8 Å². The Morgan fingerprint density at radius 2 is 1.79 bits per heavy atom. The highest BCUT2D eigenvalue weighted by Crippen LogP contribution is 2.51. The first-order valence-electron chi connectivity index (χ1n) is 13.0. The second-order valence-corrected chi connectivity index (χ2v) is 11.6. The second-order valence-electron chi connectivity index (χ2n) is 10.3. The number of amides is 4. The van der Waals surface area contributed by atoms with Crippen molar-refractivity contribution in [2.45, 2.75) is 50.1 Å². The maximum absolute atomic E-state index is 13.1. The number of carbonyl (C=O) groups excluding carboxylic acids is 4. The summed E-state index contributed by atoms with van der Waals surface area (Å²) in [6.07, 6.45) is -2.75. The Kier molecular flexibility index (Phi) is 8.81. The molecule has 4 heterocycles. The van der Waals surface area contributed by atoms with Crippen LogP contribution in [0.15, 0.2) is 10.6 Å². The zero-order valence-electron chi connectivity index (χ0n) is 22.0. The number of nitrogens with zero attached hydrogens (tertiary/aromatic N) is 3. The number of aliphatic carboxylic acids is 1. The number of carbonyl (C=O) groups is 5. The molecule has 12 nitrogen and oxygen atoms in total. The van der Waals surface area contributed by atoms with E-state index in [9.17, 15) is 37.9 Å². The highest BCUT2D eigenvalue weighted by atomic mass is 32.2. The van der Waals surface area contributed by atoms with E-state index in [1.165, 1.54) is 23.6 Å². The van der Waals surface area contributed by atoms with Gasteiger partial charge in [0, 0.05) is 54.8 Å². The summed E-state index contributed by atoms with van der Waals surface area (Å²) >= 11 is 1.32. The SMILES string of the molecule is CNCC(=O)N1CCN(C(=O)[C@@H]2C[C@H](SC3=C(C(=O)O)N4C(=O)[C@H]([C@@H](C)NC(=O)C(F)F)[C@H]4[C@H]3C)CN2)CC1. The van der Waals surface area contributed by atoms with Gasteiger partial charge in [-0.15, -0.1) is 11.8 Å². The van der Waals surface area contributed by atoms with Crippen molar-refractivity contribution in [3.05, 3.63) is 10.6 Å². The van der Waals surface area contributed by atoms with Crippen LogP contribution in [0.4, 0.5) is 8.78 Å². The van der Waals surface area contributed by atoms with Gasteiger partial charge in [0.1, 0.15) is 5.70 Å². The molecule has 3 saturated heterocycles. The number of thioether (sulfide) groups is 1. The van der Waals surface area contributed by atoms with Crippen LogP contribution in [0.2, 0.25) is 0 Å². The number of alkyl halides is 2. The van der Waals surface area contributed by atoms with Crippen molar-refractivity contribution in [1.29, 1.82) is 0 Å². The number of carboxylic acid groups (broad SMARTS) is 1. The third-order valence-corrected chi connectivity index (χ3v) is 9.36. The van der Waals surface area contributed by atoms with Gasteiger partial charge in [-0.05, 0) is 20.4 Å². The first-order valence-corrected chi connectivity index (χ1v) is 13.8. The minimum absolute atomic E-state index is 0.00975. The molecular weight excluding hydrogens is 538 g/mol. The lowest BCUT2D eigenvalue weighted by Crippen LogP contribution is -2.66. The molecule has 4 aliphatic heterocycles. The van der Waals surface area contributed by atoms with Gasteiger partial charge in [-0.2, -0.15) is 8.78 Å². The van der Waals surface area contributed by atoms with Crippen LogP contribution >= 0.6 is 11.8 Å². The number of rotatable bonds is 9. The number of β-lactam (4-membered cyclic amide) rings is 1. The summed E-state index contributed by atoms with van der Waals surface area (Å²) in [5.74, 6) is -4.52. The number of fused-ring (bicyclic) bond motifs is 1. The molecule has 4 N–H and O–H groups in total. The lowest BCUT2D eigenvalue weighted by molar-refractivity contribution is -0.159. The van der Waals surface area contributed by atoms with Crippen molar-refractivity contribution in [2.24, 2.45) is 11.8 Å². The van der Waals surface area contributed by atoms with Gasteiger partial charge in [0.25, 0.3) is 5.91 Å². The van der Waals surface area contributed by atoms with Crippen LogP contribution in [0, 0.1) is 11.8 Å². The molecule has 0 aliphatic carbocycles. The Hall–Kier alpha value is -2.78. The van der Waals surface area contributed by atoms with Gasteiger partial charge in [0.2, 0.25) is 17.7 Å². The van der Waals surface area contributed by atoms with Crippen LogP contribution in [-0.4, -0.2) is 126 Å². The molecule has 0 unspecified atom stereocenters.